The van der Waals surface area contributed by atoms with Crippen molar-refractivity contribution in [1.82, 2.24) is 9.47 Å². The Morgan fingerprint density at radius 3 is 2.88 bits per heavy atom. The summed E-state index contributed by atoms with van der Waals surface area (Å²) in [5, 5.41) is 21.1. The summed E-state index contributed by atoms with van der Waals surface area (Å²) in [7, 11) is 0. The van der Waals surface area contributed by atoms with Crippen molar-refractivity contribution in [2.45, 2.75) is 25.3 Å². The molecule has 1 amide bonds. The first-order valence-corrected chi connectivity index (χ1v) is 9.18. The minimum atomic E-state index is -1.19. The lowest BCUT2D eigenvalue weighted by atomic mass is 9.83. The zero-order chi connectivity index (χ0) is 17.6. The lowest BCUT2D eigenvalue weighted by Crippen LogP contribution is -3.00. The summed E-state index contributed by atoms with van der Waals surface area (Å²) in [6.45, 7) is 1.70. The molecule has 1 fully saturated rings. The Bertz CT molecular complexity index is 846. The summed E-state index contributed by atoms with van der Waals surface area (Å²) in [6.07, 6.45) is 1.36. The molecule has 25 heavy (non-hydrogen) atoms. The van der Waals surface area contributed by atoms with Crippen molar-refractivity contribution in [2.24, 2.45) is 5.92 Å². The van der Waals surface area contributed by atoms with E-state index in [-0.39, 0.29) is 23.4 Å². The van der Waals surface area contributed by atoms with Gasteiger partial charge in [-0.1, -0.05) is 6.07 Å². The van der Waals surface area contributed by atoms with Gasteiger partial charge in [0.2, 0.25) is 11.6 Å². The molecule has 2 bridgehead atoms. The molecule has 132 valence electrons. The van der Waals surface area contributed by atoms with Gasteiger partial charge in [0, 0.05) is 42.2 Å². The molecule has 2 N–H and O–H groups in total. The molecular weight excluding hydrogens is 342 g/mol. The van der Waals surface area contributed by atoms with E-state index >= 15 is 0 Å². The second kappa shape index (κ2) is 6.38. The predicted molar refractivity (Wildman–Crippen MR) is 91.9 cm³/mol. The van der Waals surface area contributed by atoms with Crippen LogP contribution in [0.5, 0.6) is 0 Å². The maximum absolute atomic E-state index is 12.6. The van der Waals surface area contributed by atoms with Crippen LogP contribution in [0.1, 0.15) is 22.9 Å². The molecule has 0 saturated carbocycles. The number of hydrogen-bond donors (Lipinski definition) is 2. The standard InChI is InChI=1S/C17H19N3O4S/c21-16(7-13-2-1-5-25-13)18-8-11-6-12(10-18)14-3-4-15(20(23)24)17(22)19(14)9-11/h1-5,11-12,20,23H,6-10H2/t11-,12+/m0/s1. The molecular formula is C17H19N3O4S. The third-order valence-corrected chi connectivity index (χ3v) is 5.97. The third kappa shape index (κ3) is 3.02. The average Bonchev–Trinajstić information content (AvgIpc) is 3.08. The summed E-state index contributed by atoms with van der Waals surface area (Å²) >= 11 is 1.58. The topological polar surface area (TPSA) is 90.0 Å². The van der Waals surface area contributed by atoms with E-state index < -0.39 is 10.8 Å². The molecule has 4 heterocycles. The van der Waals surface area contributed by atoms with Crippen LogP contribution in [-0.4, -0.2) is 33.7 Å². The number of amides is 1. The minimum Gasteiger partial charge on any atom is -0.595 e. The number of aromatic nitrogens is 1. The van der Waals surface area contributed by atoms with Crippen LogP contribution in [0.4, 0.5) is 5.69 Å². The molecule has 0 spiro atoms. The number of fused-ring (bicyclic) bond motifs is 4. The monoisotopic (exact) mass is 361 g/mol. The van der Waals surface area contributed by atoms with Crippen molar-refractivity contribution in [2.75, 3.05) is 13.1 Å². The van der Waals surface area contributed by atoms with Gasteiger partial charge in [0.15, 0.2) is 0 Å². The third-order valence-electron chi connectivity index (χ3n) is 5.09. The fourth-order valence-electron chi connectivity index (χ4n) is 3.99. The second-order valence-electron chi connectivity index (χ2n) is 6.75. The van der Waals surface area contributed by atoms with Crippen molar-refractivity contribution in [1.29, 1.82) is 0 Å². The lowest BCUT2D eigenvalue weighted by Gasteiger charge is -2.42. The van der Waals surface area contributed by atoms with Gasteiger partial charge in [-0.05, 0) is 29.9 Å². The molecule has 0 aromatic carbocycles. The van der Waals surface area contributed by atoms with E-state index in [1.54, 1.807) is 22.0 Å². The van der Waals surface area contributed by atoms with E-state index in [1.165, 1.54) is 6.07 Å². The number of nitrogens with zero attached hydrogens (tertiary/aromatic N) is 2. The Hall–Kier alpha value is -2.00. The Labute approximate surface area is 148 Å². The van der Waals surface area contributed by atoms with Crippen LogP contribution in [0, 0.1) is 11.1 Å². The van der Waals surface area contributed by atoms with Crippen LogP contribution in [0.2, 0.25) is 0 Å². The molecule has 1 saturated heterocycles. The molecule has 0 radical (unpaired) electrons. The normalized spacial score (nSPS) is 23.2. The van der Waals surface area contributed by atoms with Gasteiger partial charge in [-0.3, -0.25) is 9.59 Å². The second-order valence-corrected chi connectivity index (χ2v) is 7.78. The first kappa shape index (κ1) is 16.5. The highest BCUT2D eigenvalue weighted by Crippen LogP contribution is 2.35. The predicted octanol–water partition coefficient (Wildman–Crippen LogP) is 0.502. The summed E-state index contributed by atoms with van der Waals surface area (Å²) < 4.78 is 1.60. The zero-order valence-electron chi connectivity index (χ0n) is 13.6. The fourth-order valence-corrected chi connectivity index (χ4v) is 4.68. The number of nitrogens with one attached hydrogen (secondary N) is 1. The van der Waals surface area contributed by atoms with Crippen molar-refractivity contribution in [3.05, 3.63) is 55.8 Å². The minimum absolute atomic E-state index is 0.0929. The van der Waals surface area contributed by atoms with E-state index in [0.717, 1.165) is 17.0 Å². The van der Waals surface area contributed by atoms with Crippen molar-refractivity contribution < 1.29 is 15.2 Å². The highest BCUT2D eigenvalue weighted by Gasteiger charge is 2.37. The Morgan fingerprint density at radius 1 is 1.32 bits per heavy atom. The van der Waals surface area contributed by atoms with Gasteiger partial charge in [-0.15, -0.1) is 11.3 Å². The molecule has 0 aliphatic carbocycles. The van der Waals surface area contributed by atoms with Crippen LogP contribution in [0.3, 0.4) is 0 Å². The SMILES string of the molecule is O=C(Cc1cccs1)N1C[C@@H]2C[C@H](C1)c1ccc([NH+]([O-])O)c(=O)n1C2. The lowest BCUT2D eigenvalue weighted by molar-refractivity contribution is -0.992. The number of piperidine rings is 1. The average molecular weight is 361 g/mol. The number of likely N-dealkylation sites (tertiary alicyclic amines) is 1. The highest BCUT2D eigenvalue weighted by atomic mass is 32.1. The molecule has 1 unspecified atom stereocenters. The van der Waals surface area contributed by atoms with Crippen molar-refractivity contribution >= 4 is 22.9 Å². The fraction of sp³-hybridized carbons (Fsp3) is 0.412. The van der Waals surface area contributed by atoms with Gasteiger partial charge in [-0.25, -0.2) is 5.21 Å². The maximum atomic E-state index is 12.6. The number of quaternary nitrogens is 1. The quantitative estimate of drug-likeness (QED) is 0.779. The van der Waals surface area contributed by atoms with Gasteiger partial charge in [0.05, 0.1) is 6.42 Å². The Morgan fingerprint density at radius 2 is 2.16 bits per heavy atom. The van der Waals surface area contributed by atoms with E-state index in [1.807, 2.05) is 22.4 Å². The van der Waals surface area contributed by atoms with Crippen LogP contribution in [0.15, 0.2) is 34.4 Å². The summed E-state index contributed by atoms with van der Waals surface area (Å²) in [6, 6.07) is 7.04. The smallest absolute Gasteiger partial charge is 0.315 e. The van der Waals surface area contributed by atoms with E-state index in [2.05, 4.69) is 0 Å². The van der Waals surface area contributed by atoms with Crippen molar-refractivity contribution in [3.63, 3.8) is 0 Å². The molecule has 2 aromatic rings. The van der Waals surface area contributed by atoms with Crippen LogP contribution in [-0.2, 0) is 17.8 Å². The first-order valence-electron chi connectivity index (χ1n) is 8.30. The van der Waals surface area contributed by atoms with Crippen molar-refractivity contribution in [3.8, 4) is 0 Å². The molecule has 8 heteroatoms. The number of carbonyl (C=O) groups excluding carboxylic acids is 1. The highest BCUT2D eigenvalue weighted by molar-refractivity contribution is 7.10. The molecule has 4 rings (SSSR count). The molecule has 2 aromatic heterocycles. The number of pyridine rings is 1. The van der Waals surface area contributed by atoms with E-state index in [9.17, 15) is 14.8 Å². The van der Waals surface area contributed by atoms with E-state index in [4.69, 9.17) is 5.21 Å². The summed E-state index contributed by atoms with van der Waals surface area (Å²) in [4.78, 5) is 28.0. The zero-order valence-corrected chi connectivity index (χ0v) is 14.4. The molecule has 7 nitrogen and oxygen atoms in total. The molecule has 2 aliphatic heterocycles. The van der Waals surface area contributed by atoms with Gasteiger partial charge < -0.3 is 14.7 Å². The van der Waals surface area contributed by atoms with Gasteiger partial charge in [0.1, 0.15) is 0 Å². The number of carbonyl (C=O) groups is 1. The first-order chi connectivity index (χ1) is 12.0. The Balaban J connectivity index is 1.58. The summed E-state index contributed by atoms with van der Waals surface area (Å²) in [5.74, 6) is 0.408. The number of hydrogen-bond acceptors (Lipinski definition) is 5. The number of rotatable bonds is 3. The van der Waals surface area contributed by atoms with Crippen LogP contribution in [0.25, 0.3) is 0 Å². The van der Waals surface area contributed by atoms with Gasteiger partial charge in [-0.2, -0.15) is 5.23 Å². The largest absolute Gasteiger partial charge is 0.595 e. The molecule has 3 atom stereocenters. The Kier molecular flexibility index (Phi) is 4.20. The maximum Gasteiger partial charge on any atom is 0.315 e. The molecule has 2 aliphatic rings. The number of thiophene rings is 1. The van der Waals surface area contributed by atoms with E-state index in [0.29, 0.717) is 26.1 Å². The van der Waals surface area contributed by atoms with Gasteiger partial charge in [0.25, 0.3) is 0 Å². The summed E-state index contributed by atoms with van der Waals surface area (Å²) in [5.41, 5.74) is 0.229. The van der Waals surface area contributed by atoms with Gasteiger partial charge >= 0.3 is 5.56 Å². The van der Waals surface area contributed by atoms with Crippen LogP contribution < -0.4 is 10.8 Å². The van der Waals surface area contributed by atoms with Crippen LogP contribution >= 0.6 is 11.3 Å².